The second-order valence-corrected chi connectivity index (χ2v) is 9.89. The molecule has 3 N–H and O–H groups in total. The van der Waals surface area contributed by atoms with Gasteiger partial charge in [0.25, 0.3) is 10.0 Å². The first-order chi connectivity index (χ1) is 14.5. The topological polar surface area (TPSA) is 113 Å². The first-order valence-electron chi connectivity index (χ1n) is 10.6. The van der Waals surface area contributed by atoms with E-state index in [-0.39, 0.29) is 16.7 Å². The summed E-state index contributed by atoms with van der Waals surface area (Å²) in [6, 6.07) is 3.20. The molecule has 0 aliphatic carbocycles. The molecule has 0 bridgehead atoms. The van der Waals surface area contributed by atoms with Crippen LogP contribution in [-0.4, -0.2) is 31.0 Å². The van der Waals surface area contributed by atoms with E-state index in [0.717, 1.165) is 29.5 Å². The number of benzene rings is 1. The number of rotatable bonds is 9. The Morgan fingerprint density at radius 3 is 2.06 bits per heavy atom. The minimum atomic E-state index is -4.11. The van der Waals surface area contributed by atoms with Crippen molar-refractivity contribution < 1.29 is 13.2 Å². The number of anilines is 2. The Bertz CT molecular complexity index is 973. The zero-order valence-corrected chi connectivity index (χ0v) is 19.9. The first-order valence-corrected chi connectivity index (χ1v) is 12.1. The fraction of sp³-hybridized carbons (Fsp3) is 0.500. The Balaban J connectivity index is 2.20. The Morgan fingerprint density at radius 1 is 1.03 bits per heavy atom. The van der Waals surface area contributed by atoms with E-state index in [2.05, 4.69) is 32.2 Å². The molecule has 31 heavy (non-hydrogen) atoms. The summed E-state index contributed by atoms with van der Waals surface area (Å²) in [6.45, 7) is 12.9. The number of nitrogens with one attached hydrogen (secondary N) is 3. The Labute approximate surface area is 185 Å². The first kappa shape index (κ1) is 24.6. The summed E-state index contributed by atoms with van der Waals surface area (Å²) in [5.41, 5.74) is 3.66. The number of carbonyl (C=O) groups excluding carboxylic acids is 1. The van der Waals surface area contributed by atoms with Crippen LogP contribution in [0.3, 0.4) is 0 Å². The number of sulfonamides is 1. The molecule has 1 heterocycles. The number of carbonyl (C=O) groups is 1. The molecule has 0 aliphatic heterocycles. The molecule has 0 saturated carbocycles. The largest absolute Gasteiger partial charge is 0.354 e. The summed E-state index contributed by atoms with van der Waals surface area (Å²) in [5, 5.41) is 5.78. The van der Waals surface area contributed by atoms with Gasteiger partial charge in [-0.2, -0.15) is 0 Å². The lowest BCUT2D eigenvalue weighted by Crippen LogP contribution is -2.35. The van der Waals surface area contributed by atoms with E-state index in [1.165, 1.54) is 12.4 Å². The molecular weight excluding hydrogens is 414 g/mol. The lowest BCUT2D eigenvalue weighted by Gasteiger charge is -2.21. The van der Waals surface area contributed by atoms with E-state index >= 15 is 0 Å². The summed E-state index contributed by atoms with van der Waals surface area (Å²) in [5.74, 6) is 0.663. The zero-order valence-electron chi connectivity index (χ0n) is 19.1. The maximum atomic E-state index is 12.6. The zero-order chi connectivity index (χ0) is 23.2. The quantitative estimate of drug-likeness (QED) is 0.478. The van der Waals surface area contributed by atoms with Crippen molar-refractivity contribution in [1.29, 1.82) is 0 Å². The molecule has 2 amide bonds. The summed E-state index contributed by atoms with van der Waals surface area (Å²) in [6.07, 6.45) is 4.35. The summed E-state index contributed by atoms with van der Waals surface area (Å²) in [7, 11) is -4.11. The number of unbranched alkanes of at least 4 members (excludes halogenated alkanes) is 1. The molecular formula is C22H33N5O3S. The maximum Gasteiger partial charge on any atom is 0.333 e. The molecule has 9 heteroatoms. The highest BCUT2D eigenvalue weighted by molar-refractivity contribution is 7.90. The summed E-state index contributed by atoms with van der Waals surface area (Å²) >= 11 is 0. The van der Waals surface area contributed by atoms with Crippen molar-refractivity contribution in [2.45, 2.75) is 71.1 Å². The van der Waals surface area contributed by atoms with Gasteiger partial charge < -0.3 is 10.6 Å². The van der Waals surface area contributed by atoms with Crippen molar-refractivity contribution >= 4 is 27.7 Å². The molecule has 0 unspecified atom stereocenters. The molecule has 0 radical (unpaired) electrons. The van der Waals surface area contributed by atoms with Gasteiger partial charge in [-0.3, -0.25) is 0 Å². The van der Waals surface area contributed by atoms with Gasteiger partial charge in [-0.05, 0) is 36.3 Å². The van der Waals surface area contributed by atoms with Gasteiger partial charge in [0.15, 0.2) is 0 Å². The molecule has 1 aromatic heterocycles. The number of amides is 2. The van der Waals surface area contributed by atoms with Gasteiger partial charge in [0.05, 0.1) is 12.4 Å². The predicted molar refractivity (Wildman–Crippen MR) is 124 cm³/mol. The van der Waals surface area contributed by atoms with Gasteiger partial charge in [0.2, 0.25) is 5.95 Å². The van der Waals surface area contributed by atoms with E-state index in [0.29, 0.717) is 18.2 Å². The van der Waals surface area contributed by atoms with Crippen LogP contribution in [0.15, 0.2) is 29.4 Å². The van der Waals surface area contributed by atoms with Gasteiger partial charge >= 0.3 is 6.03 Å². The van der Waals surface area contributed by atoms with Crippen LogP contribution in [-0.2, 0) is 10.0 Å². The number of urea groups is 1. The number of hydrogen-bond donors (Lipinski definition) is 3. The standard InChI is InChI=1S/C22H33N5O3S/c1-7-8-9-23-21-24-12-17(13-25-21)31(29,30)27-22(28)26-20-18(14(2)3)10-16(6)11-19(20)15(4)5/h10-15H,7-9H2,1-6H3,(H,23,24,25)(H2,26,27,28). The smallest absolute Gasteiger partial charge is 0.333 e. The van der Waals surface area contributed by atoms with E-state index < -0.39 is 16.1 Å². The van der Waals surface area contributed by atoms with Crippen LogP contribution in [0, 0.1) is 6.92 Å². The molecule has 8 nitrogen and oxygen atoms in total. The monoisotopic (exact) mass is 447 g/mol. The highest BCUT2D eigenvalue weighted by Gasteiger charge is 2.22. The van der Waals surface area contributed by atoms with Crippen LogP contribution in [0.1, 0.15) is 76.0 Å². The molecule has 0 spiro atoms. The highest BCUT2D eigenvalue weighted by atomic mass is 32.2. The number of hydrogen-bond acceptors (Lipinski definition) is 6. The van der Waals surface area contributed by atoms with Gasteiger partial charge in [0, 0.05) is 12.2 Å². The fourth-order valence-corrected chi connectivity index (χ4v) is 3.94. The van der Waals surface area contributed by atoms with Crippen LogP contribution in [0.5, 0.6) is 0 Å². The maximum absolute atomic E-state index is 12.6. The normalized spacial score (nSPS) is 11.6. The third-order valence-electron chi connectivity index (χ3n) is 4.81. The van der Waals surface area contributed by atoms with Crippen molar-refractivity contribution in [3.63, 3.8) is 0 Å². The molecule has 170 valence electrons. The van der Waals surface area contributed by atoms with Crippen molar-refractivity contribution in [3.05, 3.63) is 41.2 Å². The van der Waals surface area contributed by atoms with E-state index in [4.69, 9.17) is 0 Å². The SMILES string of the molecule is CCCCNc1ncc(S(=O)(=O)NC(=O)Nc2c(C(C)C)cc(C)cc2C(C)C)cn1. The fourth-order valence-electron chi connectivity index (χ4n) is 3.14. The molecule has 0 atom stereocenters. The second-order valence-electron chi connectivity index (χ2n) is 8.21. The Kier molecular flexibility index (Phi) is 8.38. The van der Waals surface area contributed by atoms with Gasteiger partial charge in [-0.25, -0.2) is 27.9 Å². The van der Waals surface area contributed by atoms with Gasteiger partial charge in [-0.15, -0.1) is 0 Å². The van der Waals surface area contributed by atoms with E-state index in [1.54, 1.807) is 0 Å². The highest BCUT2D eigenvalue weighted by Crippen LogP contribution is 2.33. The van der Waals surface area contributed by atoms with Crippen molar-refractivity contribution in [2.75, 3.05) is 17.2 Å². The minimum absolute atomic E-state index is 0.158. The number of nitrogens with zero attached hydrogens (tertiary/aromatic N) is 2. The van der Waals surface area contributed by atoms with Crippen molar-refractivity contribution in [2.24, 2.45) is 0 Å². The van der Waals surface area contributed by atoms with E-state index in [1.807, 2.05) is 46.8 Å². The molecule has 0 aliphatic rings. The van der Waals surface area contributed by atoms with Gasteiger partial charge in [0.1, 0.15) is 4.90 Å². The summed E-state index contributed by atoms with van der Waals surface area (Å²) < 4.78 is 27.3. The second kappa shape index (κ2) is 10.6. The van der Waals surface area contributed by atoms with Crippen LogP contribution in [0.25, 0.3) is 0 Å². The van der Waals surface area contributed by atoms with Crippen LogP contribution in [0.4, 0.5) is 16.4 Å². The van der Waals surface area contributed by atoms with Crippen molar-refractivity contribution in [1.82, 2.24) is 14.7 Å². The van der Waals surface area contributed by atoms with Crippen LogP contribution >= 0.6 is 0 Å². The summed E-state index contributed by atoms with van der Waals surface area (Å²) in [4.78, 5) is 20.5. The Morgan fingerprint density at radius 2 is 1.58 bits per heavy atom. The predicted octanol–water partition coefficient (Wildman–Crippen LogP) is 4.75. The lowest BCUT2D eigenvalue weighted by molar-refractivity contribution is 0.256. The number of aromatic nitrogens is 2. The average molecular weight is 448 g/mol. The molecule has 2 aromatic rings. The van der Waals surface area contributed by atoms with Crippen LogP contribution in [0.2, 0.25) is 0 Å². The van der Waals surface area contributed by atoms with E-state index in [9.17, 15) is 13.2 Å². The third kappa shape index (κ3) is 6.65. The van der Waals surface area contributed by atoms with Gasteiger partial charge in [-0.1, -0.05) is 58.7 Å². The Hall–Kier alpha value is -2.68. The molecule has 0 saturated heterocycles. The third-order valence-corrected chi connectivity index (χ3v) is 6.09. The van der Waals surface area contributed by atoms with Crippen molar-refractivity contribution in [3.8, 4) is 0 Å². The minimum Gasteiger partial charge on any atom is -0.354 e. The molecule has 0 fully saturated rings. The number of aryl methyl sites for hydroxylation is 1. The molecule has 1 aromatic carbocycles. The van der Waals surface area contributed by atoms with Crippen LogP contribution < -0.4 is 15.4 Å². The lowest BCUT2D eigenvalue weighted by atomic mass is 9.90. The molecule has 2 rings (SSSR count). The average Bonchev–Trinajstić information content (AvgIpc) is 2.68.